The summed E-state index contributed by atoms with van der Waals surface area (Å²) >= 11 is 5.56. The minimum atomic E-state index is 0.650. The van der Waals surface area contributed by atoms with Gasteiger partial charge in [-0.15, -0.1) is 11.3 Å². The molecule has 1 aromatic carbocycles. The van der Waals surface area contributed by atoms with Crippen molar-refractivity contribution in [3.63, 3.8) is 0 Å². The van der Waals surface area contributed by atoms with Crippen LogP contribution in [-0.2, 0) is 0 Å². The van der Waals surface area contributed by atoms with E-state index in [1.807, 2.05) is 11.3 Å². The molecule has 0 radical (unpaired) electrons. The topological polar surface area (TPSA) is 0 Å². The number of hydrogen-bond acceptors (Lipinski definition) is 1. The van der Waals surface area contributed by atoms with Crippen molar-refractivity contribution in [2.24, 2.45) is 0 Å². The molecule has 1 unspecified atom stereocenters. The normalized spacial score (nSPS) is 20.1. The third-order valence-electron chi connectivity index (χ3n) is 2.99. The van der Waals surface area contributed by atoms with Crippen molar-refractivity contribution in [1.82, 2.24) is 0 Å². The summed E-state index contributed by atoms with van der Waals surface area (Å²) in [7, 11) is 0. The fourth-order valence-corrected chi connectivity index (χ4v) is 4.12. The predicted octanol–water partition coefficient (Wildman–Crippen LogP) is 5.14. The van der Waals surface area contributed by atoms with Gasteiger partial charge in [0.25, 0.3) is 0 Å². The Bertz CT molecular complexity index is 551. The molecule has 2 heteroatoms. The zero-order chi connectivity index (χ0) is 10.4. The van der Waals surface area contributed by atoms with Gasteiger partial charge in [0.15, 0.2) is 0 Å². The number of rotatable bonds is 0. The molecule has 0 fully saturated rings. The van der Waals surface area contributed by atoms with Crippen molar-refractivity contribution < 1.29 is 0 Å². The number of fused-ring (bicyclic) bond motifs is 3. The molecule has 0 saturated carbocycles. The highest BCUT2D eigenvalue weighted by Gasteiger charge is 2.21. The molecule has 0 amide bonds. The van der Waals surface area contributed by atoms with Gasteiger partial charge in [-0.25, -0.2) is 0 Å². The molecule has 0 spiro atoms. The van der Waals surface area contributed by atoms with Crippen molar-refractivity contribution in [2.75, 3.05) is 0 Å². The molecule has 0 saturated heterocycles. The van der Waals surface area contributed by atoms with Crippen molar-refractivity contribution in [2.45, 2.75) is 19.3 Å². The fourth-order valence-electron chi connectivity index (χ4n) is 2.22. The molecule has 0 bridgehead atoms. The first-order valence-corrected chi connectivity index (χ1v) is 6.76. The second kappa shape index (κ2) is 3.46. The molecule has 1 heterocycles. The number of hydrogen-bond donors (Lipinski definition) is 0. The SMILES string of the molecule is CC1CC=C(Br)c2sc3ccccc3c21. The van der Waals surface area contributed by atoms with Crippen LogP contribution in [0, 0.1) is 0 Å². The first-order valence-electron chi connectivity index (χ1n) is 5.15. The highest BCUT2D eigenvalue weighted by Crippen LogP contribution is 2.46. The molecule has 0 nitrogen and oxygen atoms in total. The Kier molecular flexibility index (Phi) is 2.22. The van der Waals surface area contributed by atoms with E-state index in [2.05, 4.69) is 53.2 Å². The van der Waals surface area contributed by atoms with Crippen LogP contribution >= 0.6 is 27.3 Å². The van der Waals surface area contributed by atoms with Crippen molar-refractivity contribution in [1.29, 1.82) is 0 Å². The van der Waals surface area contributed by atoms with E-state index in [-0.39, 0.29) is 0 Å². The van der Waals surface area contributed by atoms with Gasteiger partial charge in [0, 0.05) is 14.1 Å². The Labute approximate surface area is 102 Å². The third kappa shape index (κ3) is 1.39. The number of allylic oxidation sites excluding steroid dienone is 1. The lowest BCUT2D eigenvalue weighted by Gasteiger charge is -2.16. The summed E-state index contributed by atoms with van der Waals surface area (Å²) in [5.74, 6) is 0.650. The number of thiophene rings is 1. The van der Waals surface area contributed by atoms with E-state index in [4.69, 9.17) is 0 Å². The van der Waals surface area contributed by atoms with Gasteiger partial charge >= 0.3 is 0 Å². The molecule has 0 aliphatic heterocycles. The van der Waals surface area contributed by atoms with Crippen LogP contribution in [0.1, 0.15) is 29.7 Å². The lowest BCUT2D eigenvalue weighted by Crippen LogP contribution is -1.98. The summed E-state index contributed by atoms with van der Waals surface area (Å²) in [4.78, 5) is 1.43. The lowest BCUT2D eigenvalue weighted by molar-refractivity contribution is 0.782. The van der Waals surface area contributed by atoms with Crippen LogP contribution in [0.2, 0.25) is 0 Å². The molecular weight excluding hydrogens is 268 g/mol. The van der Waals surface area contributed by atoms with Gasteiger partial charge in [0.1, 0.15) is 0 Å². The standard InChI is InChI=1S/C13H11BrS/c1-8-6-7-10(14)13-12(8)9-4-2-3-5-11(9)15-13/h2-5,7-8H,6H2,1H3. The highest BCUT2D eigenvalue weighted by atomic mass is 79.9. The number of halogens is 1. The minimum absolute atomic E-state index is 0.650. The largest absolute Gasteiger partial charge is 0.134 e. The quantitative estimate of drug-likeness (QED) is 0.626. The van der Waals surface area contributed by atoms with E-state index in [0.717, 1.165) is 6.42 Å². The molecule has 15 heavy (non-hydrogen) atoms. The first-order chi connectivity index (χ1) is 7.27. The molecule has 3 rings (SSSR count). The summed E-state index contributed by atoms with van der Waals surface area (Å²) in [5, 5.41) is 1.44. The maximum Gasteiger partial charge on any atom is 0.0456 e. The Hall–Kier alpha value is -0.600. The molecule has 0 N–H and O–H groups in total. The van der Waals surface area contributed by atoms with Gasteiger partial charge in [-0.2, -0.15) is 0 Å². The van der Waals surface area contributed by atoms with Crippen LogP contribution in [0.4, 0.5) is 0 Å². The van der Waals surface area contributed by atoms with Gasteiger partial charge in [0.2, 0.25) is 0 Å². The summed E-state index contributed by atoms with van der Waals surface area (Å²) < 4.78 is 2.68. The Morgan fingerprint density at radius 1 is 1.33 bits per heavy atom. The smallest absolute Gasteiger partial charge is 0.0456 e. The lowest BCUT2D eigenvalue weighted by atomic mass is 9.91. The van der Waals surface area contributed by atoms with Crippen LogP contribution in [0.25, 0.3) is 14.6 Å². The van der Waals surface area contributed by atoms with Crippen LogP contribution < -0.4 is 0 Å². The first kappa shape index (κ1) is 9.61. The molecular formula is C13H11BrS. The zero-order valence-corrected chi connectivity index (χ0v) is 10.9. The molecule has 1 aliphatic rings. The summed E-state index contributed by atoms with van der Waals surface area (Å²) in [6.07, 6.45) is 3.44. The highest BCUT2D eigenvalue weighted by molar-refractivity contribution is 9.15. The van der Waals surface area contributed by atoms with Crippen LogP contribution in [0.3, 0.4) is 0 Å². The van der Waals surface area contributed by atoms with Crippen LogP contribution in [-0.4, -0.2) is 0 Å². The van der Waals surface area contributed by atoms with E-state index in [9.17, 15) is 0 Å². The van der Waals surface area contributed by atoms with Gasteiger partial charge in [0.05, 0.1) is 0 Å². The van der Waals surface area contributed by atoms with E-state index in [0.29, 0.717) is 5.92 Å². The fraction of sp³-hybridized carbons (Fsp3) is 0.231. The zero-order valence-electron chi connectivity index (χ0n) is 8.46. The Balaban J connectivity index is 2.40. The van der Waals surface area contributed by atoms with Gasteiger partial charge in [-0.05, 0) is 45.3 Å². The molecule has 1 aromatic heterocycles. The van der Waals surface area contributed by atoms with Crippen molar-refractivity contribution in [3.8, 4) is 0 Å². The van der Waals surface area contributed by atoms with Crippen LogP contribution in [0.5, 0.6) is 0 Å². The third-order valence-corrected chi connectivity index (χ3v) is 5.20. The average Bonchev–Trinajstić information content (AvgIpc) is 2.64. The minimum Gasteiger partial charge on any atom is -0.134 e. The summed E-state index contributed by atoms with van der Waals surface area (Å²) in [6.45, 7) is 2.31. The monoisotopic (exact) mass is 278 g/mol. The van der Waals surface area contributed by atoms with Crippen molar-refractivity contribution >= 4 is 41.8 Å². The molecule has 76 valence electrons. The van der Waals surface area contributed by atoms with Crippen LogP contribution in [0.15, 0.2) is 30.3 Å². The van der Waals surface area contributed by atoms with Gasteiger partial charge < -0.3 is 0 Å². The molecule has 2 aromatic rings. The van der Waals surface area contributed by atoms with E-state index < -0.39 is 0 Å². The number of benzene rings is 1. The average molecular weight is 279 g/mol. The summed E-state index contributed by atoms with van der Waals surface area (Å²) in [6, 6.07) is 8.71. The molecule has 1 atom stereocenters. The summed E-state index contributed by atoms with van der Waals surface area (Å²) in [5.41, 5.74) is 1.53. The van der Waals surface area contributed by atoms with Crippen molar-refractivity contribution in [3.05, 3.63) is 40.8 Å². The Morgan fingerprint density at radius 2 is 2.13 bits per heavy atom. The predicted molar refractivity (Wildman–Crippen MR) is 71.8 cm³/mol. The van der Waals surface area contributed by atoms with Gasteiger partial charge in [-0.1, -0.05) is 31.2 Å². The van der Waals surface area contributed by atoms with E-state index in [1.165, 1.54) is 25.0 Å². The molecule has 1 aliphatic carbocycles. The van der Waals surface area contributed by atoms with E-state index >= 15 is 0 Å². The van der Waals surface area contributed by atoms with E-state index in [1.54, 1.807) is 0 Å². The maximum atomic E-state index is 3.66. The second-order valence-electron chi connectivity index (χ2n) is 4.03. The second-order valence-corrected chi connectivity index (χ2v) is 5.94. The van der Waals surface area contributed by atoms with Gasteiger partial charge in [-0.3, -0.25) is 0 Å². The maximum absolute atomic E-state index is 3.66. The Morgan fingerprint density at radius 3 is 3.00 bits per heavy atom.